The number of nitrogens with one attached hydrogen (secondary N) is 2. The van der Waals surface area contributed by atoms with Gasteiger partial charge in [-0.2, -0.15) is 0 Å². The number of rotatable bonds is 4. The number of amides is 1. The van der Waals surface area contributed by atoms with E-state index in [1.54, 1.807) is 12.1 Å². The van der Waals surface area contributed by atoms with Crippen LogP contribution in [0.25, 0.3) is 0 Å². The van der Waals surface area contributed by atoms with Gasteiger partial charge in [0.2, 0.25) is 5.91 Å². The lowest BCUT2D eigenvalue weighted by Crippen LogP contribution is -2.46. The topological polar surface area (TPSA) is 44.4 Å². The molecule has 7 heteroatoms. The van der Waals surface area contributed by atoms with Gasteiger partial charge < -0.3 is 10.6 Å². The lowest BCUT2D eigenvalue weighted by molar-refractivity contribution is -0.127. The lowest BCUT2D eigenvalue weighted by atomic mass is 9.96. The van der Waals surface area contributed by atoms with Gasteiger partial charge in [-0.15, -0.1) is 24.8 Å². The highest BCUT2D eigenvalue weighted by molar-refractivity contribution is 5.85. The molecule has 0 saturated carbocycles. The molecule has 2 atom stereocenters. The molecule has 2 aliphatic rings. The first kappa shape index (κ1) is 21.2. The molecule has 0 aromatic heterocycles. The van der Waals surface area contributed by atoms with Gasteiger partial charge >= 0.3 is 0 Å². The van der Waals surface area contributed by atoms with Crippen LogP contribution in [0.3, 0.4) is 0 Å². The van der Waals surface area contributed by atoms with E-state index >= 15 is 0 Å². The molecule has 0 aliphatic carbocycles. The van der Waals surface area contributed by atoms with Crippen molar-refractivity contribution < 1.29 is 9.18 Å². The van der Waals surface area contributed by atoms with E-state index in [-0.39, 0.29) is 48.5 Å². The molecule has 0 bridgehead atoms. The monoisotopic (exact) mass is 377 g/mol. The van der Waals surface area contributed by atoms with Crippen molar-refractivity contribution in [1.82, 2.24) is 15.5 Å². The summed E-state index contributed by atoms with van der Waals surface area (Å²) in [6.07, 6.45) is 2.99. The zero-order chi connectivity index (χ0) is 15.4. The molecule has 136 valence electrons. The number of piperidine rings is 1. The highest BCUT2D eigenvalue weighted by Crippen LogP contribution is 2.19. The molecule has 2 heterocycles. The Labute approximate surface area is 155 Å². The van der Waals surface area contributed by atoms with Crippen LogP contribution in [0.15, 0.2) is 24.3 Å². The van der Waals surface area contributed by atoms with E-state index in [1.165, 1.54) is 6.07 Å². The standard InChI is InChI=1S/C17H24FN3O.2ClH/c18-15-5-1-3-13(9-15)11-21-8-2-4-14(12-21)17(22)20-16-6-7-19-10-16;;/h1,3,5,9,14,16,19H,2,4,6-8,10-12H2,(H,20,22);2*1H. The van der Waals surface area contributed by atoms with E-state index in [0.29, 0.717) is 6.54 Å². The molecule has 2 saturated heterocycles. The van der Waals surface area contributed by atoms with Crippen molar-refractivity contribution in [2.75, 3.05) is 26.2 Å². The van der Waals surface area contributed by atoms with Crippen LogP contribution < -0.4 is 10.6 Å². The zero-order valence-corrected chi connectivity index (χ0v) is 15.3. The van der Waals surface area contributed by atoms with E-state index in [4.69, 9.17) is 0 Å². The average Bonchev–Trinajstić information content (AvgIpc) is 3.00. The van der Waals surface area contributed by atoms with Gasteiger partial charge in [0.15, 0.2) is 0 Å². The minimum atomic E-state index is -0.197. The summed E-state index contributed by atoms with van der Waals surface area (Å²) in [5.41, 5.74) is 0.973. The first-order chi connectivity index (χ1) is 10.7. The predicted molar refractivity (Wildman–Crippen MR) is 98.3 cm³/mol. The second-order valence-corrected chi connectivity index (χ2v) is 6.40. The quantitative estimate of drug-likeness (QED) is 0.846. The average molecular weight is 378 g/mol. The Morgan fingerprint density at radius 2 is 2.17 bits per heavy atom. The molecule has 0 radical (unpaired) electrons. The van der Waals surface area contributed by atoms with Gasteiger partial charge in [-0.1, -0.05) is 12.1 Å². The number of nitrogens with zero attached hydrogens (tertiary/aromatic N) is 1. The Bertz CT molecular complexity index is 526. The third-order valence-electron chi connectivity index (χ3n) is 4.58. The van der Waals surface area contributed by atoms with E-state index in [9.17, 15) is 9.18 Å². The molecule has 1 aromatic rings. The number of carbonyl (C=O) groups is 1. The first-order valence-corrected chi connectivity index (χ1v) is 8.18. The fourth-order valence-electron chi connectivity index (χ4n) is 3.40. The molecule has 0 spiro atoms. The van der Waals surface area contributed by atoms with E-state index in [2.05, 4.69) is 15.5 Å². The molecule has 2 N–H and O–H groups in total. The van der Waals surface area contributed by atoms with Gasteiger partial charge in [0.1, 0.15) is 5.82 Å². The Morgan fingerprint density at radius 1 is 1.33 bits per heavy atom. The van der Waals surface area contributed by atoms with Crippen LogP contribution in [0.2, 0.25) is 0 Å². The third-order valence-corrected chi connectivity index (χ3v) is 4.58. The van der Waals surface area contributed by atoms with Crippen LogP contribution in [0, 0.1) is 11.7 Å². The second kappa shape index (κ2) is 10.2. The van der Waals surface area contributed by atoms with Gasteiger partial charge in [-0.3, -0.25) is 9.69 Å². The van der Waals surface area contributed by atoms with Gasteiger partial charge in [0.25, 0.3) is 0 Å². The van der Waals surface area contributed by atoms with Gasteiger partial charge in [-0.25, -0.2) is 4.39 Å². The number of hydrogen-bond acceptors (Lipinski definition) is 3. The van der Waals surface area contributed by atoms with Gasteiger partial charge in [-0.05, 0) is 50.0 Å². The van der Waals surface area contributed by atoms with Crippen molar-refractivity contribution in [3.8, 4) is 0 Å². The molecule has 2 fully saturated rings. The summed E-state index contributed by atoms with van der Waals surface area (Å²) >= 11 is 0. The molecular weight excluding hydrogens is 352 g/mol. The summed E-state index contributed by atoms with van der Waals surface area (Å²) in [7, 11) is 0. The van der Waals surface area contributed by atoms with Gasteiger partial charge in [0, 0.05) is 25.7 Å². The summed E-state index contributed by atoms with van der Waals surface area (Å²) < 4.78 is 13.3. The minimum absolute atomic E-state index is 0. The number of benzene rings is 1. The number of carbonyl (C=O) groups excluding carboxylic acids is 1. The summed E-state index contributed by atoms with van der Waals surface area (Å²) in [4.78, 5) is 14.6. The number of likely N-dealkylation sites (tertiary alicyclic amines) is 1. The van der Waals surface area contributed by atoms with Crippen LogP contribution >= 0.6 is 24.8 Å². The first-order valence-electron chi connectivity index (χ1n) is 8.18. The third kappa shape index (κ3) is 5.88. The van der Waals surface area contributed by atoms with Gasteiger partial charge in [0.05, 0.1) is 5.92 Å². The Kier molecular flexibility index (Phi) is 8.98. The minimum Gasteiger partial charge on any atom is -0.352 e. The summed E-state index contributed by atoms with van der Waals surface area (Å²) in [6.45, 7) is 4.33. The molecule has 2 aliphatic heterocycles. The van der Waals surface area contributed by atoms with Crippen molar-refractivity contribution in [3.63, 3.8) is 0 Å². The molecule has 4 nitrogen and oxygen atoms in total. The van der Waals surface area contributed by atoms with Crippen LogP contribution in [-0.4, -0.2) is 43.0 Å². The molecule has 24 heavy (non-hydrogen) atoms. The summed E-state index contributed by atoms with van der Waals surface area (Å²) in [6, 6.07) is 7.01. The fourth-order valence-corrected chi connectivity index (χ4v) is 3.40. The maximum atomic E-state index is 13.3. The van der Waals surface area contributed by atoms with Crippen molar-refractivity contribution in [3.05, 3.63) is 35.6 Å². The second-order valence-electron chi connectivity index (χ2n) is 6.40. The summed E-state index contributed by atoms with van der Waals surface area (Å²) in [5.74, 6) is 0.0399. The Morgan fingerprint density at radius 3 is 2.88 bits per heavy atom. The van der Waals surface area contributed by atoms with Crippen LogP contribution in [0.1, 0.15) is 24.8 Å². The van der Waals surface area contributed by atoms with E-state index in [1.807, 2.05) is 6.07 Å². The highest BCUT2D eigenvalue weighted by Gasteiger charge is 2.27. The summed E-state index contributed by atoms with van der Waals surface area (Å²) in [5, 5.41) is 6.42. The predicted octanol–water partition coefficient (Wildman–Crippen LogP) is 2.36. The fraction of sp³-hybridized carbons (Fsp3) is 0.588. The van der Waals surface area contributed by atoms with E-state index < -0.39 is 0 Å². The lowest BCUT2D eigenvalue weighted by Gasteiger charge is -2.32. The number of hydrogen-bond donors (Lipinski definition) is 2. The van der Waals surface area contributed by atoms with Crippen molar-refractivity contribution in [1.29, 1.82) is 0 Å². The van der Waals surface area contributed by atoms with Crippen LogP contribution in [0.4, 0.5) is 4.39 Å². The zero-order valence-electron chi connectivity index (χ0n) is 13.7. The van der Waals surface area contributed by atoms with Crippen molar-refractivity contribution >= 4 is 30.7 Å². The van der Waals surface area contributed by atoms with Crippen LogP contribution in [-0.2, 0) is 11.3 Å². The molecule has 3 rings (SSSR count). The highest BCUT2D eigenvalue weighted by atomic mass is 35.5. The SMILES string of the molecule is Cl.Cl.O=C(NC1CCNC1)C1CCCN(Cc2cccc(F)c2)C1. The van der Waals surface area contributed by atoms with Crippen molar-refractivity contribution in [2.45, 2.75) is 31.8 Å². The molecule has 2 unspecified atom stereocenters. The maximum absolute atomic E-state index is 13.3. The molecular formula is C17H26Cl2FN3O. The maximum Gasteiger partial charge on any atom is 0.224 e. The Balaban J connectivity index is 0.00000144. The van der Waals surface area contributed by atoms with Crippen molar-refractivity contribution in [2.24, 2.45) is 5.92 Å². The smallest absolute Gasteiger partial charge is 0.224 e. The largest absolute Gasteiger partial charge is 0.352 e. The number of halogens is 3. The molecule has 1 amide bonds. The van der Waals surface area contributed by atoms with Crippen LogP contribution in [0.5, 0.6) is 0 Å². The molecule has 1 aromatic carbocycles. The Hall–Kier alpha value is -0.880. The normalized spacial score (nSPS) is 23.9. The van der Waals surface area contributed by atoms with E-state index in [0.717, 1.165) is 51.0 Å².